The molecule has 1 aromatic carbocycles. The number of nitrogens with two attached hydrogens (primary N) is 1. The maximum atomic E-state index is 5.77. The molecular weight excluding hydrogens is 230 g/mol. The summed E-state index contributed by atoms with van der Waals surface area (Å²) in [6.07, 6.45) is 11.6. The molecule has 2 aliphatic carbocycles. The second-order valence-electron chi connectivity index (χ2n) is 7.00. The molecule has 0 aliphatic heterocycles. The Hall–Kier alpha value is -0.980. The second-order valence-corrected chi connectivity index (χ2v) is 7.00. The summed E-state index contributed by atoms with van der Waals surface area (Å²) in [4.78, 5) is 0. The molecule has 1 nitrogen and oxygen atoms in total. The number of rotatable bonds is 3. The fraction of sp³-hybridized carbons (Fsp3) is 0.667. The zero-order valence-electron chi connectivity index (χ0n) is 12.2. The molecule has 0 amide bonds. The van der Waals surface area contributed by atoms with Crippen LogP contribution in [0.1, 0.15) is 69.8 Å². The van der Waals surface area contributed by atoms with Crippen molar-refractivity contribution in [3.63, 3.8) is 0 Å². The topological polar surface area (TPSA) is 26.0 Å². The third-order valence-corrected chi connectivity index (χ3v) is 5.59. The van der Waals surface area contributed by atoms with E-state index < -0.39 is 0 Å². The van der Waals surface area contributed by atoms with Crippen molar-refractivity contribution in [1.29, 1.82) is 0 Å². The van der Waals surface area contributed by atoms with E-state index in [1.165, 1.54) is 56.9 Å². The van der Waals surface area contributed by atoms with Crippen molar-refractivity contribution in [2.45, 2.75) is 64.2 Å². The minimum Gasteiger partial charge on any atom is -0.399 e. The van der Waals surface area contributed by atoms with E-state index in [1.54, 1.807) is 0 Å². The SMILES string of the molecule is CCCC1CC2(CCC(c3ccc(N)cc3)CC2)C1. The highest BCUT2D eigenvalue weighted by molar-refractivity contribution is 5.40. The predicted molar refractivity (Wildman–Crippen MR) is 82.1 cm³/mol. The van der Waals surface area contributed by atoms with Crippen LogP contribution in [-0.4, -0.2) is 0 Å². The van der Waals surface area contributed by atoms with Gasteiger partial charge in [0.05, 0.1) is 0 Å². The quantitative estimate of drug-likeness (QED) is 0.747. The lowest BCUT2D eigenvalue weighted by Crippen LogP contribution is -2.39. The Morgan fingerprint density at radius 1 is 1.11 bits per heavy atom. The zero-order valence-corrected chi connectivity index (χ0v) is 12.2. The van der Waals surface area contributed by atoms with Gasteiger partial charge in [-0.1, -0.05) is 31.9 Å². The van der Waals surface area contributed by atoms with Crippen LogP contribution in [0.5, 0.6) is 0 Å². The van der Waals surface area contributed by atoms with Crippen molar-refractivity contribution in [3.8, 4) is 0 Å². The summed E-state index contributed by atoms with van der Waals surface area (Å²) in [5, 5.41) is 0. The molecule has 104 valence electrons. The molecule has 0 atom stereocenters. The van der Waals surface area contributed by atoms with Gasteiger partial charge in [0.25, 0.3) is 0 Å². The Labute approximate surface area is 117 Å². The second kappa shape index (κ2) is 5.19. The summed E-state index contributed by atoms with van der Waals surface area (Å²) >= 11 is 0. The number of nitrogen functional groups attached to an aromatic ring is 1. The van der Waals surface area contributed by atoms with Gasteiger partial charge < -0.3 is 5.73 Å². The van der Waals surface area contributed by atoms with Gasteiger partial charge in [0.1, 0.15) is 0 Å². The molecule has 0 bridgehead atoms. The van der Waals surface area contributed by atoms with Crippen molar-refractivity contribution in [3.05, 3.63) is 29.8 Å². The molecule has 0 aromatic heterocycles. The first-order chi connectivity index (χ1) is 9.21. The minimum atomic E-state index is 0.754. The monoisotopic (exact) mass is 257 g/mol. The summed E-state index contributed by atoms with van der Waals surface area (Å²) in [6.45, 7) is 2.32. The Bertz CT molecular complexity index is 404. The Morgan fingerprint density at radius 3 is 2.32 bits per heavy atom. The van der Waals surface area contributed by atoms with Crippen LogP contribution in [0, 0.1) is 11.3 Å². The Kier molecular flexibility index (Phi) is 3.56. The van der Waals surface area contributed by atoms with Gasteiger partial charge in [-0.15, -0.1) is 0 Å². The van der Waals surface area contributed by atoms with Gasteiger partial charge in [-0.3, -0.25) is 0 Å². The van der Waals surface area contributed by atoms with Crippen LogP contribution < -0.4 is 5.73 Å². The molecule has 0 radical (unpaired) electrons. The van der Waals surface area contributed by atoms with E-state index in [0.717, 1.165) is 22.9 Å². The van der Waals surface area contributed by atoms with Crippen LogP contribution in [0.25, 0.3) is 0 Å². The highest BCUT2D eigenvalue weighted by atomic mass is 14.5. The molecule has 1 heteroatoms. The van der Waals surface area contributed by atoms with Crippen molar-refractivity contribution in [2.75, 3.05) is 5.73 Å². The fourth-order valence-electron chi connectivity index (χ4n) is 4.52. The predicted octanol–water partition coefficient (Wildman–Crippen LogP) is 5.12. The minimum absolute atomic E-state index is 0.754. The Morgan fingerprint density at radius 2 is 1.74 bits per heavy atom. The number of hydrogen-bond acceptors (Lipinski definition) is 1. The van der Waals surface area contributed by atoms with E-state index in [-0.39, 0.29) is 0 Å². The van der Waals surface area contributed by atoms with Gasteiger partial charge in [0.15, 0.2) is 0 Å². The highest BCUT2D eigenvalue weighted by Crippen LogP contribution is 2.58. The molecule has 1 spiro atoms. The van der Waals surface area contributed by atoms with Crippen LogP contribution >= 0.6 is 0 Å². The van der Waals surface area contributed by atoms with Crippen molar-refractivity contribution >= 4 is 5.69 Å². The molecule has 19 heavy (non-hydrogen) atoms. The molecule has 2 fully saturated rings. The number of anilines is 1. The Balaban J connectivity index is 1.54. The lowest BCUT2D eigenvalue weighted by atomic mass is 9.53. The number of benzene rings is 1. The summed E-state index contributed by atoms with van der Waals surface area (Å²) < 4.78 is 0. The van der Waals surface area contributed by atoms with Crippen molar-refractivity contribution in [1.82, 2.24) is 0 Å². The standard InChI is InChI=1S/C18H27N/c1-2-3-14-12-18(13-14)10-8-16(9-11-18)15-4-6-17(19)7-5-15/h4-7,14,16H,2-3,8-13,19H2,1H3. The van der Waals surface area contributed by atoms with E-state index in [1.807, 2.05) is 0 Å². The number of hydrogen-bond donors (Lipinski definition) is 1. The molecule has 2 aliphatic rings. The molecule has 2 N–H and O–H groups in total. The third-order valence-electron chi connectivity index (χ3n) is 5.59. The normalized spacial score (nSPS) is 34.2. The lowest BCUT2D eigenvalue weighted by molar-refractivity contribution is 0.00534. The van der Waals surface area contributed by atoms with Crippen LogP contribution in [0.2, 0.25) is 0 Å². The summed E-state index contributed by atoms with van der Waals surface area (Å²) in [5.41, 5.74) is 8.92. The maximum absolute atomic E-state index is 5.77. The van der Waals surface area contributed by atoms with E-state index in [0.29, 0.717) is 0 Å². The van der Waals surface area contributed by atoms with E-state index in [4.69, 9.17) is 5.73 Å². The van der Waals surface area contributed by atoms with Crippen LogP contribution in [0.4, 0.5) is 5.69 Å². The van der Waals surface area contributed by atoms with Gasteiger partial charge in [0, 0.05) is 5.69 Å². The molecule has 1 aromatic rings. The van der Waals surface area contributed by atoms with Crippen molar-refractivity contribution in [2.24, 2.45) is 11.3 Å². The first-order valence-electron chi connectivity index (χ1n) is 8.06. The molecule has 2 saturated carbocycles. The van der Waals surface area contributed by atoms with Crippen LogP contribution in [-0.2, 0) is 0 Å². The maximum Gasteiger partial charge on any atom is 0.0314 e. The molecule has 0 unspecified atom stereocenters. The van der Waals surface area contributed by atoms with Crippen LogP contribution in [0.15, 0.2) is 24.3 Å². The first kappa shape index (κ1) is 13.0. The summed E-state index contributed by atoms with van der Waals surface area (Å²) in [7, 11) is 0. The van der Waals surface area contributed by atoms with E-state index >= 15 is 0 Å². The fourth-order valence-corrected chi connectivity index (χ4v) is 4.52. The molecule has 0 saturated heterocycles. The average molecular weight is 257 g/mol. The smallest absolute Gasteiger partial charge is 0.0314 e. The average Bonchev–Trinajstić information content (AvgIpc) is 2.39. The van der Waals surface area contributed by atoms with Gasteiger partial charge in [-0.05, 0) is 73.5 Å². The van der Waals surface area contributed by atoms with E-state index in [2.05, 4.69) is 31.2 Å². The largest absolute Gasteiger partial charge is 0.399 e. The van der Waals surface area contributed by atoms with Gasteiger partial charge in [-0.2, -0.15) is 0 Å². The molecule has 0 heterocycles. The molecular formula is C18H27N. The first-order valence-corrected chi connectivity index (χ1v) is 8.06. The lowest BCUT2D eigenvalue weighted by Gasteiger charge is -2.52. The summed E-state index contributed by atoms with van der Waals surface area (Å²) in [6, 6.07) is 8.58. The third kappa shape index (κ3) is 2.66. The highest BCUT2D eigenvalue weighted by Gasteiger charge is 2.45. The van der Waals surface area contributed by atoms with Gasteiger partial charge >= 0.3 is 0 Å². The van der Waals surface area contributed by atoms with Gasteiger partial charge in [-0.25, -0.2) is 0 Å². The van der Waals surface area contributed by atoms with Crippen molar-refractivity contribution < 1.29 is 0 Å². The summed E-state index contributed by atoms with van der Waals surface area (Å²) in [5.74, 6) is 1.84. The molecule has 3 rings (SSSR count). The zero-order chi connectivity index (χ0) is 13.3. The van der Waals surface area contributed by atoms with Gasteiger partial charge in [0.2, 0.25) is 0 Å². The van der Waals surface area contributed by atoms with E-state index in [9.17, 15) is 0 Å². The van der Waals surface area contributed by atoms with Crippen LogP contribution in [0.3, 0.4) is 0 Å².